The molecule has 0 radical (unpaired) electrons. The molecule has 10 heteroatoms. The molecule has 7 nitrogen and oxygen atoms in total. The van der Waals surface area contributed by atoms with Crippen LogP contribution in [0.15, 0.2) is 128 Å². The molecule has 2 heterocycles. The Labute approximate surface area is 245 Å². The first-order chi connectivity index (χ1) is 19.3. The average molecular weight is 638 g/mol. The Morgan fingerprint density at radius 2 is 1.57 bits per heavy atom. The quantitative estimate of drug-likeness (QED) is 0.168. The predicted octanol–water partition coefficient (Wildman–Crippen LogP) is 7.35. The third-order valence-electron chi connectivity index (χ3n) is 5.93. The van der Waals surface area contributed by atoms with E-state index in [1.54, 1.807) is 36.5 Å². The minimum absolute atomic E-state index is 0.0593. The van der Waals surface area contributed by atoms with E-state index in [0.29, 0.717) is 23.2 Å². The van der Waals surface area contributed by atoms with Gasteiger partial charge in [-0.3, -0.25) is 9.69 Å². The number of halogens is 2. The van der Waals surface area contributed by atoms with Crippen LogP contribution in [0.5, 0.6) is 5.75 Å². The fraction of sp³-hybridized carbons (Fsp3) is 0.0667. The summed E-state index contributed by atoms with van der Waals surface area (Å²) in [6.07, 6.45) is 1.58. The van der Waals surface area contributed by atoms with Gasteiger partial charge < -0.3 is 9.15 Å². The van der Waals surface area contributed by atoms with Crippen molar-refractivity contribution in [3.05, 3.63) is 136 Å². The van der Waals surface area contributed by atoms with Gasteiger partial charge in [-0.05, 0) is 83.9 Å². The molecule has 0 bridgehead atoms. The molecule has 0 aliphatic heterocycles. The van der Waals surface area contributed by atoms with Gasteiger partial charge in [-0.2, -0.15) is 0 Å². The molecule has 5 rings (SSSR count). The molecule has 0 fully saturated rings. The number of furan rings is 1. The van der Waals surface area contributed by atoms with Crippen LogP contribution in [0.25, 0.3) is 0 Å². The number of anilines is 1. The van der Waals surface area contributed by atoms with E-state index >= 15 is 0 Å². The van der Waals surface area contributed by atoms with Crippen molar-refractivity contribution in [2.24, 2.45) is 0 Å². The zero-order valence-electron chi connectivity index (χ0n) is 20.9. The zero-order chi connectivity index (χ0) is 28.1. The molecule has 5 aromatic rings. The molecule has 2 aromatic heterocycles. The Hall–Kier alpha value is -3.92. The normalized spacial score (nSPS) is 11.2. The Morgan fingerprint density at radius 1 is 0.875 bits per heavy atom. The fourth-order valence-corrected chi connectivity index (χ4v) is 5.40. The summed E-state index contributed by atoms with van der Waals surface area (Å²) < 4.78 is 38.3. The van der Waals surface area contributed by atoms with Crippen molar-refractivity contribution in [2.75, 3.05) is 4.90 Å². The monoisotopic (exact) mass is 636 g/mol. The van der Waals surface area contributed by atoms with E-state index in [9.17, 15) is 13.2 Å². The molecule has 0 N–H and O–H groups in total. The Balaban J connectivity index is 1.34. The van der Waals surface area contributed by atoms with Crippen LogP contribution in [0.3, 0.4) is 0 Å². The second-order valence-corrected chi connectivity index (χ2v) is 11.9. The van der Waals surface area contributed by atoms with Gasteiger partial charge in [0.2, 0.25) is 14.9 Å². The van der Waals surface area contributed by atoms with Gasteiger partial charge >= 0.3 is 0 Å². The number of nitrogens with zero attached hydrogens (tertiary/aromatic N) is 2. The molecule has 1 amide bonds. The Morgan fingerprint density at radius 3 is 2.25 bits per heavy atom. The van der Waals surface area contributed by atoms with E-state index in [1.165, 1.54) is 29.2 Å². The topological polar surface area (TPSA) is 89.7 Å². The van der Waals surface area contributed by atoms with Crippen molar-refractivity contribution in [2.45, 2.75) is 23.1 Å². The molecule has 0 saturated carbocycles. The number of benzene rings is 3. The van der Waals surface area contributed by atoms with Crippen LogP contribution in [0, 0.1) is 0 Å². The number of sulfone groups is 1. The van der Waals surface area contributed by atoms with Gasteiger partial charge in [0.15, 0.2) is 5.76 Å². The maximum atomic E-state index is 13.6. The van der Waals surface area contributed by atoms with Crippen molar-refractivity contribution < 1.29 is 22.4 Å². The van der Waals surface area contributed by atoms with Crippen LogP contribution >= 0.6 is 27.5 Å². The third-order valence-corrected chi connectivity index (χ3v) is 8.36. The van der Waals surface area contributed by atoms with Crippen molar-refractivity contribution in [3.63, 3.8) is 0 Å². The van der Waals surface area contributed by atoms with Crippen LogP contribution < -0.4 is 9.64 Å². The van der Waals surface area contributed by atoms with Crippen LogP contribution in [-0.4, -0.2) is 19.3 Å². The molecule has 0 unspecified atom stereocenters. The molecule has 3 aromatic carbocycles. The van der Waals surface area contributed by atoms with E-state index < -0.39 is 15.7 Å². The minimum atomic E-state index is -3.94. The number of pyridine rings is 1. The largest absolute Gasteiger partial charge is 0.489 e. The number of carbonyl (C=O) groups is 1. The van der Waals surface area contributed by atoms with E-state index in [4.69, 9.17) is 20.8 Å². The molecular weight excluding hydrogens is 616 g/mol. The lowest BCUT2D eigenvalue weighted by Crippen LogP contribution is -2.30. The summed E-state index contributed by atoms with van der Waals surface area (Å²) in [6, 6.07) is 28.8. The fourth-order valence-electron chi connectivity index (χ4n) is 3.83. The highest BCUT2D eigenvalue weighted by Crippen LogP contribution is 2.27. The van der Waals surface area contributed by atoms with Gasteiger partial charge in [0, 0.05) is 15.7 Å². The van der Waals surface area contributed by atoms with Crippen LogP contribution in [0.4, 0.5) is 5.82 Å². The molecule has 0 saturated heterocycles. The van der Waals surface area contributed by atoms with Gasteiger partial charge in [0.1, 0.15) is 18.2 Å². The lowest BCUT2D eigenvalue weighted by molar-refractivity contribution is 0.0952. The molecule has 0 spiro atoms. The number of rotatable bonds is 9. The summed E-state index contributed by atoms with van der Waals surface area (Å²) in [5.41, 5.74) is 1.80. The SMILES string of the molecule is O=C(c1ccc(S(=O)(=O)c2ccc(Br)cc2)o1)N(Cc1ccc(OCc2ccc(Cl)cc2)cc1)c1ccccn1. The smallest absolute Gasteiger partial charge is 0.295 e. The maximum Gasteiger partial charge on any atom is 0.295 e. The summed E-state index contributed by atoms with van der Waals surface area (Å²) in [4.78, 5) is 19.4. The van der Waals surface area contributed by atoms with Crippen molar-refractivity contribution in [3.8, 4) is 5.75 Å². The number of hydrogen-bond donors (Lipinski definition) is 0. The highest BCUT2D eigenvalue weighted by atomic mass is 79.9. The summed E-state index contributed by atoms with van der Waals surface area (Å²) in [6.45, 7) is 0.557. The molecular formula is C30H22BrClN2O5S. The molecule has 0 aliphatic rings. The maximum absolute atomic E-state index is 13.6. The van der Waals surface area contributed by atoms with Gasteiger partial charge in [-0.1, -0.05) is 57.9 Å². The summed E-state index contributed by atoms with van der Waals surface area (Å²) in [5, 5.41) is 0.346. The summed E-state index contributed by atoms with van der Waals surface area (Å²) in [7, 11) is -3.94. The first-order valence-corrected chi connectivity index (χ1v) is 14.7. The first kappa shape index (κ1) is 27.6. The van der Waals surface area contributed by atoms with Crippen molar-refractivity contribution in [1.82, 2.24) is 4.98 Å². The molecule has 0 atom stereocenters. The molecule has 40 heavy (non-hydrogen) atoms. The average Bonchev–Trinajstić information content (AvgIpc) is 3.48. The Kier molecular flexibility index (Phi) is 8.35. The minimum Gasteiger partial charge on any atom is -0.489 e. The summed E-state index contributed by atoms with van der Waals surface area (Å²) >= 11 is 9.23. The third kappa shape index (κ3) is 6.44. The predicted molar refractivity (Wildman–Crippen MR) is 155 cm³/mol. The van der Waals surface area contributed by atoms with Crippen LogP contribution in [0.2, 0.25) is 5.02 Å². The van der Waals surface area contributed by atoms with Gasteiger partial charge in [0.25, 0.3) is 5.91 Å². The Bertz CT molecular complexity index is 1710. The van der Waals surface area contributed by atoms with E-state index in [0.717, 1.165) is 15.6 Å². The highest BCUT2D eigenvalue weighted by Gasteiger charge is 2.27. The number of hydrogen-bond acceptors (Lipinski definition) is 6. The number of ether oxygens (including phenoxy) is 1. The standard InChI is InChI=1S/C30H22BrClN2O5S/c31-23-8-14-26(15-9-23)40(36,37)29-17-16-27(39-29)30(35)34(28-3-1-2-18-33-28)19-21-6-12-25(13-7-21)38-20-22-4-10-24(32)11-5-22/h1-18H,19-20H2. The van der Waals surface area contributed by atoms with E-state index in [2.05, 4.69) is 20.9 Å². The van der Waals surface area contributed by atoms with E-state index in [1.807, 2.05) is 48.5 Å². The van der Waals surface area contributed by atoms with Gasteiger partial charge in [-0.15, -0.1) is 0 Å². The number of amides is 1. The van der Waals surface area contributed by atoms with Gasteiger partial charge in [-0.25, -0.2) is 13.4 Å². The van der Waals surface area contributed by atoms with Crippen LogP contribution in [0.1, 0.15) is 21.7 Å². The number of aromatic nitrogens is 1. The lowest BCUT2D eigenvalue weighted by Gasteiger charge is -2.21. The second-order valence-electron chi connectivity index (χ2n) is 8.71. The molecule has 202 valence electrons. The highest BCUT2D eigenvalue weighted by molar-refractivity contribution is 9.10. The van der Waals surface area contributed by atoms with Crippen molar-refractivity contribution in [1.29, 1.82) is 0 Å². The van der Waals surface area contributed by atoms with Crippen molar-refractivity contribution >= 4 is 49.1 Å². The van der Waals surface area contributed by atoms with E-state index in [-0.39, 0.29) is 22.3 Å². The zero-order valence-corrected chi connectivity index (χ0v) is 24.1. The number of carbonyl (C=O) groups excluding carboxylic acids is 1. The lowest BCUT2D eigenvalue weighted by atomic mass is 10.2. The van der Waals surface area contributed by atoms with Gasteiger partial charge in [0.05, 0.1) is 11.4 Å². The summed E-state index contributed by atoms with van der Waals surface area (Å²) in [5.74, 6) is 0.413. The van der Waals surface area contributed by atoms with Crippen LogP contribution in [-0.2, 0) is 23.0 Å². The first-order valence-electron chi connectivity index (χ1n) is 12.1. The molecule has 0 aliphatic carbocycles. The second kappa shape index (κ2) is 12.1.